The summed E-state index contributed by atoms with van der Waals surface area (Å²) < 4.78 is 38.7. The summed E-state index contributed by atoms with van der Waals surface area (Å²) in [5.74, 6) is -0.339. The summed E-state index contributed by atoms with van der Waals surface area (Å²) in [7, 11) is 0. The van der Waals surface area contributed by atoms with Crippen LogP contribution < -0.4 is 10.2 Å². The highest BCUT2D eigenvalue weighted by Crippen LogP contribution is 2.37. The molecule has 1 heterocycles. The Kier molecular flexibility index (Phi) is 6.52. The highest BCUT2D eigenvalue weighted by Gasteiger charge is 2.35. The summed E-state index contributed by atoms with van der Waals surface area (Å²) in [6, 6.07) is 10.2. The lowest BCUT2D eigenvalue weighted by Crippen LogP contribution is -2.41. The average molecular weight is 435 g/mol. The number of anilines is 1. The molecule has 1 aliphatic heterocycles. The Morgan fingerprint density at radius 2 is 1.84 bits per heavy atom. The van der Waals surface area contributed by atoms with Crippen LogP contribution >= 0.6 is 0 Å². The molecular formula is C22H24F3N3O3. The first-order chi connectivity index (χ1) is 14.6. The van der Waals surface area contributed by atoms with Gasteiger partial charge in [0.1, 0.15) is 5.69 Å². The van der Waals surface area contributed by atoms with E-state index in [4.69, 9.17) is 0 Å². The van der Waals surface area contributed by atoms with Crippen LogP contribution in [0, 0.1) is 23.0 Å². The van der Waals surface area contributed by atoms with Crippen molar-refractivity contribution in [1.82, 2.24) is 5.32 Å². The van der Waals surface area contributed by atoms with Crippen molar-refractivity contribution >= 4 is 17.3 Å². The van der Waals surface area contributed by atoms with Gasteiger partial charge in [0, 0.05) is 25.1 Å². The monoisotopic (exact) mass is 435 g/mol. The summed E-state index contributed by atoms with van der Waals surface area (Å²) in [5.41, 5.74) is 0.631. The molecule has 1 N–H and O–H groups in total. The van der Waals surface area contributed by atoms with E-state index in [1.807, 2.05) is 38.1 Å². The van der Waals surface area contributed by atoms with Crippen molar-refractivity contribution in [3.8, 4) is 0 Å². The van der Waals surface area contributed by atoms with E-state index in [1.54, 1.807) is 4.90 Å². The largest absolute Gasteiger partial charge is 0.416 e. The van der Waals surface area contributed by atoms with Gasteiger partial charge in [-0.3, -0.25) is 14.9 Å². The van der Waals surface area contributed by atoms with E-state index in [2.05, 4.69) is 5.32 Å². The number of carbonyl (C=O) groups is 1. The van der Waals surface area contributed by atoms with Crippen molar-refractivity contribution < 1.29 is 22.9 Å². The van der Waals surface area contributed by atoms with Gasteiger partial charge >= 0.3 is 6.18 Å². The van der Waals surface area contributed by atoms with Gasteiger partial charge in [-0.1, -0.05) is 24.3 Å². The average Bonchev–Trinajstić information content (AvgIpc) is 2.73. The molecule has 6 nitrogen and oxygen atoms in total. The molecule has 31 heavy (non-hydrogen) atoms. The van der Waals surface area contributed by atoms with Crippen LogP contribution in [-0.2, 0) is 11.0 Å². The molecule has 1 fully saturated rings. The molecule has 0 bridgehead atoms. The molecule has 0 aliphatic carbocycles. The Bertz CT molecular complexity index is 970. The van der Waals surface area contributed by atoms with E-state index >= 15 is 0 Å². The molecule has 0 radical (unpaired) electrons. The van der Waals surface area contributed by atoms with E-state index in [0.717, 1.165) is 23.3 Å². The van der Waals surface area contributed by atoms with Crippen LogP contribution in [0.3, 0.4) is 0 Å². The van der Waals surface area contributed by atoms with Crippen molar-refractivity contribution in [3.63, 3.8) is 0 Å². The summed E-state index contributed by atoms with van der Waals surface area (Å²) in [6.45, 7) is 4.60. The number of halogens is 3. The third kappa shape index (κ3) is 5.15. The van der Waals surface area contributed by atoms with E-state index in [0.29, 0.717) is 32.0 Å². The Balaban J connectivity index is 1.66. The number of nitro groups is 1. The fourth-order valence-electron chi connectivity index (χ4n) is 3.98. The van der Waals surface area contributed by atoms with Crippen LogP contribution in [-0.4, -0.2) is 23.9 Å². The van der Waals surface area contributed by atoms with Gasteiger partial charge in [-0.05, 0) is 49.9 Å². The second-order valence-corrected chi connectivity index (χ2v) is 7.81. The first-order valence-corrected chi connectivity index (χ1v) is 10.0. The predicted molar refractivity (Wildman–Crippen MR) is 111 cm³/mol. The van der Waals surface area contributed by atoms with Gasteiger partial charge in [0.25, 0.3) is 5.69 Å². The van der Waals surface area contributed by atoms with Gasteiger partial charge in [-0.15, -0.1) is 0 Å². The lowest BCUT2D eigenvalue weighted by atomic mass is 9.94. The molecule has 1 atom stereocenters. The topological polar surface area (TPSA) is 75.5 Å². The number of carbonyl (C=O) groups excluding carboxylic acids is 1. The minimum absolute atomic E-state index is 0.0858. The number of hydrogen-bond acceptors (Lipinski definition) is 4. The number of nitrogens with zero attached hydrogens (tertiary/aromatic N) is 2. The zero-order valence-corrected chi connectivity index (χ0v) is 17.3. The smallest absolute Gasteiger partial charge is 0.366 e. The van der Waals surface area contributed by atoms with Crippen LogP contribution in [0.25, 0.3) is 0 Å². The van der Waals surface area contributed by atoms with Gasteiger partial charge in [0.05, 0.1) is 16.5 Å². The zero-order valence-electron chi connectivity index (χ0n) is 17.3. The van der Waals surface area contributed by atoms with Crippen molar-refractivity contribution in [3.05, 3.63) is 69.3 Å². The normalized spacial score (nSPS) is 16.1. The third-order valence-corrected chi connectivity index (χ3v) is 5.72. The van der Waals surface area contributed by atoms with Crippen molar-refractivity contribution in [2.24, 2.45) is 5.92 Å². The van der Waals surface area contributed by atoms with E-state index in [1.165, 1.54) is 0 Å². The van der Waals surface area contributed by atoms with E-state index in [-0.39, 0.29) is 23.6 Å². The molecule has 3 rings (SSSR count). The standard InChI is InChI=1S/C22H24F3N3O3/c1-14-5-3-4-6-18(14)15(2)26-21(29)16-9-11-27(12-10-16)19-8-7-17(22(23,24)25)13-20(19)28(30)31/h3-8,13,15-16H,9-12H2,1-2H3,(H,26,29)/t15-/m1/s1. The second-order valence-electron chi connectivity index (χ2n) is 7.81. The highest BCUT2D eigenvalue weighted by atomic mass is 19.4. The van der Waals surface area contributed by atoms with Gasteiger partial charge in [0.2, 0.25) is 5.91 Å². The quantitative estimate of drug-likeness (QED) is 0.529. The predicted octanol–water partition coefficient (Wildman–Crippen LogP) is 5.02. The molecule has 1 aliphatic rings. The molecular weight excluding hydrogens is 411 g/mol. The SMILES string of the molecule is Cc1ccccc1[C@@H](C)NC(=O)C1CCN(c2ccc(C(F)(F)F)cc2[N+](=O)[O-])CC1. The number of nitro benzene ring substituents is 1. The number of piperidine rings is 1. The maximum atomic E-state index is 12.9. The number of hydrogen-bond donors (Lipinski definition) is 1. The Morgan fingerprint density at radius 1 is 1.19 bits per heavy atom. The number of aryl methyl sites for hydroxylation is 1. The highest BCUT2D eigenvalue weighted by molar-refractivity contribution is 5.79. The molecule has 1 amide bonds. The van der Waals surface area contributed by atoms with Crippen molar-refractivity contribution in [2.45, 2.75) is 38.9 Å². The number of benzene rings is 2. The zero-order chi connectivity index (χ0) is 22.8. The first-order valence-electron chi connectivity index (χ1n) is 10.0. The van der Waals surface area contributed by atoms with Crippen LogP contribution in [0.5, 0.6) is 0 Å². The molecule has 0 aromatic heterocycles. The summed E-state index contributed by atoms with van der Waals surface area (Å²) in [4.78, 5) is 24.9. The van der Waals surface area contributed by atoms with Gasteiger partial charge in [-0.2, -0.15) is 13.2 Å². The molecule has 1 saturated heterocycles. The second kappa shape index (κ2) is 8.95. The van der Waals surface area contributed by atoms with Gasteiger partial charge in [-0.25, -0.2) is 0 Å². The van der Waals surface area contributed by atoms with Gasteiger partial charge < -0.3 is 10.2 Å². The Morgan fingerprint density at radius 3 is 2.42 bits per heavy atom. The minimum Gasteiger partial charge on any atom is -0.366 e. The molecule has 0 unspecified atom stereocenters. The summed E-state index contributed by atoms with van der Waals surface area (Å²) in [6.07, 6.45) is -3.73. The number of amides is 1. The molecule has 0 spiro atoms. The summed E-state index contributed by atoms with van der Waals surface area (Å²) in [5, 5.41) is 14.4. The van der Waals surface area contributed by atoms with Crippen LogP contribution in [0.4, 0.5) is 24.5 Å². The molecule has 2 aromatic rings. The molecule has 0 saturated carbocycles. The maximum absolute atomic E-state index is 12.9. The molecule has 166 valence electrons. The number of alkyl halides is 3. The number of rotatable bonds is 5. The maximum Gasteiger partial charge on any atom is 0.416 e. The Hall–Kier alpha value is -3.10. The van der Waals surface area contributed by atoms with Crippen molar-refractivity contribution in [2.75, 3.05) is 18.0 Å². The first kappa shape index (κ1) is 22.6. The third-order valence-electron chi connectivity index (χ3n) is 5.72. The lowest BCUT2D eigenvalue weighted by Gasteiger charge is -2.33. The Labute approximate surface area is 178 Å². The van der Waals surface area contributed by atoms with Crippen molar-refractivity contribution in [1.29, 1.82) is 0 Å². The fraction of sp³-hybridized carbons (Fsp3) is 0.409. The lowest BCUT2D eigenvalue weighted by molar-refractivity contribution is -0.384. The van der Waals surface area contributed by atoms with E-state index < -0.39 is 22.4 Å². The van der Waals surface area contributed by atoms with Crippen LogP contribution in [0.15, 0.2) is 42.5 Å². The molecule has 9 heteroatoms. The van der Waals surface area contributed by atoms with Crippen LogP contribution in [0.2, 0.25) is 0 Å². The van der Waals surface area contributed by atoms with Crippen LogP contribution in [0.1, 0.15) is 42.5 Å². The molecule has 2 aromatic carbocycles. The van der Waals surface area contributed by atoms with Gasteiger partial charge in [0.15, 0.2) is 0 Å². The minimum atomic E-state index is -4.65. The summed E-state index contributed by atoms with van der Waals surface area (Å²) >= 11 is 0. The van der Waals surface area contributed by atoms with E-state index in [9.17, 15) is 28.1 Å². The fourth-order valence-corrected chi connectivity index (χ4v) is 3.98. The number of nitrogens with one attached hydrogen (secondary N) is 1.